The molecule has 6 rings (SSSR count). The lowest BCUT2D eigenvalue weighted by Gasteiger charge is -2.68. The fraction of sp³-hybridized carbons (Fsp3) is 0.596. The summed E-state index contributed by atoms with van der Waals surface area (Å²) in [5.74, 6) is -4.57. The van der Waals surface area contributed by atoms with Crippen LogP contribution in [0, 0.1) is 16.7 Å². The summed E-state index contributed by atoms with van der Waals surface area (Å²) in [6, 6.07) is 15.1. The number of alkyl carbamates (subject to hydrolysis) is 1. The maximum atomic E-state index is 16.0. The number of esters is 3. The highest BCUT2D eigenvalue weighted by atomic mass is 16.6. The number of fused-ring (bicyclic) bond motifs is 5. The number of ether oxygens (including phenoxy) is 5. The summed E-state index contributed by atoms with van der Waals surface area (Å²) in [7, 11) is 3.05. The minimum absolute atomic E-state index is 0.101. The molecule has 1 amide bonds. The Morgan fingerprint density at radius 2 is 1.55 bits per heavy atom. The van der Waals surface area contributed by atoms with Crippen LogP contribution in [-0.4, -0.2) is 115 Å². The average molecular weight is 886 g/mol. The Balaban J connectivity index is 1.56. The van der Waals surface area contributed by atoms with E-state index in [0.717, 1.165) is 0 Å². The first-order valence-electron chi connectivity index (χ1n) is 22.0. The molecule has 4 aliphatic rings. The van der Waals surface area contributed by atoms with Crippen LogP contribution in [0.5, 0.6) is 0 Å². The topological polar surface area (TPSA) is 202 Å². The van der Waals surface area contributed by atoms with Gasteiger partial charge in [0.2, 0.25) is 0 Å². The van der Waals surface area contributed by atoms with Gasteiger partial charge in [-0.3, -0.25) is 9.59 Å². The summed E-state index contributed by atoms with van der Waals surface area (Å²) in [6.07, 6.45) is -8.68. The van der Waals surface area contributed by atoms with Crippen molar-refractivity contribution in [3.63, 3.8) is 0 Å². The summed E-state index contributed by atoms with van der Waals surface area (Å²) >= 11 is 0. The Bertz CT molecular complexity index is 2090. The molecule has 64 heavy (non-hydrogen) atoms. The molecule has 17 heteroatoms. The maximum absolute atomic E-state index is 16.0. The van der Waals surface area contributed by atoms with Crippen molar-refractivity contribution in [1.29, 1.82) is 0 Å². The number of Topliss-reactive ketones (excluding diaryl/α,β-unsaturated/α-hetero) is 1. The van der Waals surface area contributed by atoms with Crippen LogP contribution in [0.1, 0.15) is 104 Å². The first-order chi connectivity index (χ1) is 30.1. The second-order valence-electron chi connectivity index (χ2n) is 18.9. The normalized spacial score (nSPS) is 31.5. The molecule has 11 atom stereocenters. The van der Waals surface area contributed by atoms with Crippen molar-refractivity contribution in [2.45, 2.75) is 154 Å². The highest BCUT2D eigenvalue weighted by Gasteiger charge is 2.78. The van der Waals surface area contributed by atoms with Crippen molar-refractivity contribution in [3.8, 4) is 0 Å². The van der Waals surface area contributed by atoms with Crippen molar-refractivity contribution < 1.29 is 67.2 Å². The van der Waals surface area contributed by atoms with Crippen molar-refractivity contribution in [2.24, 2.45) is 16.7 Å². The lowest BCUT2D eigenvalue weighted by Crippen LogP contribution is -2.82. The van der Waals surface area contributed by atoms with Gasteiger partial charge in [0, 0.05) is 25.2 Å². The number of benzene rings is 2. The van der Waals surface area contributed by atoms with Crippen LogP contribution in [0.15, 0.2) is 71.8 Å². The lowest BCUT2D eigenvalue weighted by atomic mass is 9.44. The van der Waals surface area contributed by atoms with Gasteiger partial charge in [-0.05, 0) is 63.5 Å². The van der Waals surface area contributed by atoms with Crippen molar-refractivity contribution >= 4 is 44.7 Å². The molecule has 2 unspecified atom stereocenters. The highest BCUT2D eigenvalue weighted by molar-refractivity contribution is 6.28. The van der Waals surface area contributed by atoms with Crippen LogP contribution in [-0.2, 0) is 47.4 Å². The van der Waals surface area contributed by atoms with E-state index in [1.54, 1.807) is 117 Å². The number of nitrogens with one attached hydrogen (secondary N) is 1. The second kappa shape index (κ2) is 18.7. The molecule has 3 fully saturated rings. The molecular formula is C47H61B2NO14. The molecule has 3 N–H and O–H groups in total. The number of rotatable bonds is 14. The predicted molar refractivity (Wildman–Crippen MR) is 234 cm³/mol. The Labute approximate surface area is 376 Å². The first-order valence-corrected chi connectivity index (χ1v) is 22.0. The van der Waals surface area contributed by atoms with E-state index in [4.69, 9.17) is 33.0 Å². The van der Waals surface area contributed by atoms with Gasteiger partial charge in [0.1, 0.15) is 35.6 Å². The average Bonchev–Trinajstić information content (AvgIpc) is 3.23. The summed E-state index contributed by atoms with van der Waals surface area (Å²) < 4.78 is 43.5. The van der Waals surface area contributed by atoms with E-state index in [9.17, 15) is 29.4 Å². The molecule has 1 saturated heterocycles. The number of carbonyl (C=O) groups is 5. The molecule has 0 spiro atoms. The molecule has 1 heterocycles. The van der Waals surface area contributed by atoms with E-state index in [1.165, 1.54) is 14.4 Å². The summed E-state index contributed by atoms with van der Waals surface area (Å²) in [5.41, 5.74) is -6.89. The number of hydrogen-bond donors (Lipinski definition) is 3. The molecule has 2 saturated carbocycles. The Hall–Kier alpha value is -4.54. The van der Waals surface area contributed by atoms with Gasteiger partial charge in [0.25, 0.3) is 15.0 Å². The zero-order chi connectivity index (χ0) is 47.0. The van der Waals surface area contributed by atoms with E-state index < -0.39 is 112 Å². The van der Waals surface area contributed by atoms with Crippen molar-refractivity contribution in [1.82, 2.24) is 5.32 Å². The molecule has 3 aliphatic carbocycles. The van der Waals surface area contributed by atoms with E-state index in [2.05, 4.69) is 5.32 Å². The summed E-state index contributed by atoms with van der Waals surface area (Å²) in [5, 5.41) is 28.3. The molecule has 2 aromatic rings. The summed E-state index contributed by atoms with van der Waals surface area (Å²) in [4.78, 5) is 71.1. The number of aliphatic hydroxyl groups is 2. The van der Waals surface area contributed by atoms with Gasteiger partial charge in [-0.2, -0.15) is 0 Å². The minimum atomic E-state index is -2.25. The molecule has 344 valence electrons. The van der Waals surface area contributed by atoms with Crippen molar-refractivity contribution in [2.75, 3.05) is 6.61 Å². The third-order valence-electron chi connectivity index (χ3n) is 13.3. The van der Waals surface area contributed by atoms with Crippen LogP contribution in [0.3, 0.4) is 0 Å². The largest absolute Gasteiger partial charge is 0.456 e. The Morgan fingerprint density at radius 3 is 2.11 bits per heavy atom. The molecule has 1 aliphatic heterocycles. The number of aliphatic hydroxyl groups excluding tert-OH is 1. The van der Waals surface area contributed by atoms with Gasteiger partial charge in [0.05, 0.1) is 35.6 Å². The second-order valence-corrected chi connectivity index (χ2v) is 18.9. The molecule has 2 aromatic carbocycles. The molecule has 2 radical (unpaired) electrons. The zero-order valence-electron chi connectivity index (χ0n) is 38.4. The fourth-order valence-corrected chi connectivity index (χ4v) is 10.2. The maximum Gasteiger partial charge on any atom is 0.408 e. The first kappa shape index (κ1) is 48.9. The number of ketones is 1. The predicted octanol–water partition coefficient (Wildman–Crippen LogP) is 5.42. The van der Waals surface area contributed by atoms with Crippen molar-refractivity contribution in [3.05, 3.63) is 82.9 Å². The quantitative estimate of drug-likeness (QED) is 0.0939. The van der Waals surface area contributed by atoms with Crippen LogP contribution in [0.25, 0.3) is 0 Å². The van der Waals surface area contributed by atoms with E-state index in [0.29, 0.717) is 23.8 Å². The van der Waals surface area contributed by atoms with Gasteiger partial charge in [-0.25, -0.2) is 14.4 Å². The standard InChI is InChI=1S/C47H61B2NO14/c1-11-48-63-31-23-32-46(25-58-32,61-27(4)51)37-39(60-40(54)29-21-17-14-18-22-29)47(57)24-30(26(3)33(44(47,8)9)36(64-49-12-2)38(53)45(31,37)10)59-41(55)35(52)34(28-19-15-13-16-20-28)50-42(56)62-43(5,6)7/h13-22,30-32,34-37,39,52,57H,11-12,23-25H2,1-10H3,(H,50,56)/t30?,31?,32-,34+,35-,36-,37+,39+,45-,46+,47-/m1/s1. The zero-order valence-corrected chi connectivity index (χ0v) is 38.4. The molecule has 0 aromatic heterocycles. The van der Waals surface area contributed by atoms with Crippen LogP contribution in [0.4, 0.5) is 4.79 Å². The molecule has 15 nitrogen and oxygen atoms in total. The highest BCUT2D eigenvalue weighted by Crippen LogP contribution is 2.65. The molecular weight excluding hydrogens is 824 g/mol. The molecule has 2 bridgehead atoms. The Kier molecular flexibility index (Phi) is 14.3. The Morgan fingerprint density at radius 1 is 0.938 bits per heavy atom. The van der Waals surface area contributed by atoms with Gasteiger partial charge in [-0.1, -0.05) is 88.9 Å². The third kappa shape index (κ3) is 8.90. The summed E-state index contributed by atoms with van der Waals surface area (Å²) in [6.45, 7) is 16.5. The van der Waals surface area contributed by atoms with Gasteiger partial charge in [0.15, 0.2) is 17.5 Å². The number of hydrogen-bond acceptors (Lipinski definition) is 14. The third-order valence-corrected chi connectivity index (χ3v) is 13.3. The minimum Gasteiger partial charge on any atom is -0.456 e. The SMILES string of the molecule is CC[B]OC1C[C@H]2OC[C@@]2(OC(C)=O)[C@H]2[C@H](OC(=O)c3ccccc3)[C@]3(O)CC(OC(=O)[C@H](O)[C@@H](NC(=O)OC(C)(C)C)c4ccccc4)C(C)=C([C@@H](O[B]CC)C(=O)[C@]12C)C3(C)C. The lowest BCUT2D eigenvalue weighted by molar-refractivity contribution is -0.344. The van der Waals surface area contributed by atoms with Crippen LogP contribution >= 0.6 is 0 Å². The monoisotopic (exact) mass is 885 g/mol. The smallest absolute Gasteiger partial charge is 0.408 e. The van der Waals surface area contributed by atoms with Gasteiger partial charge in [-0.15, -0.1) is 0 Å². The number of carbonyl (C=O) groups excluding carboxylic acids is 5. The van der Waals surface area contributed by atoms with E-state index >= 15 is 4.79 Å². The van der Waals surface area contributed by atoms with Crippen LogP contribution < -0.4 is 5.32 Å². The van der Waals surface area contributed by atoms with E-state index in [1.807, 2.05) is 13.8 Å². The van der Waals surface area contributed by atoms with Gasteiger partial charge >= 0.3 is 24.0 Å². The van der Waals surface area contributed by atoms with E-state index in [-0.39, 0.29) is 24.2 Å². The van der Waals surface area contributed by atoms with Gasteiger partial charge < -0.3 is 48.5 Å². The number of amides is 1. The fourth-order valence-electron chi connectivity index (χ4n) is 10.2. The van der Waals surface area contributed by atoms with Crippen LogP contribution in [0.2, 0.25) is 12.6 Å².